The van der Waals surface area contributed by atoms with Crippen LogP contribution in [-0.2, 0) is 13.0 Å². The SMILES string of the molecule is N#Cc1ccc(-c2ccc3c(c2)nc2n3CCN3CC[C@H]4C[C@]43C2)cc1. The van der Waals surface area contributed by atoms with Gasteiger partial charge in [-0.3, -0.25) is 4.90 Å². The lowest BCUT2D eigenvalue weighted by atomic mass is 10.0. The first-order valence-corrected chi connectivity index (χ1v) is 9.52. The third-order valence-electron chi connectivity index (χ3n) is 6.81. The summed E-state index contributed by atoms with van der Waals surface area (Å²) in [6, 6.07) is 16.6. The summed E-state index contributed by atoms with van der Waals surface area (Å²) in [6.07, 6.45) is 3.86. The average molecular weight is 340 g/mol. The molecule has 1 aromatic heterocycles. The van der Waals surface area contributed by atoms with Crippen molar-refractivity contribution in [3.63, 3.8) is 0 Å². The van der Waals surface area contributed by atoms with Crippen LogP contribution in [0.25, 0.3) is 22.2 Å². The van der Waals surface area contributed by atoms with E-state index in [1.165, 1.54) is 36.3 Å². The number of imidazole rings is 1. The molecule has 2 atom stereocenters. The zero-order valence-electron chi connectivity index (χ0n) is 14.7. The molecule has 0 radical (unpaired) electrons. The van der Waals surface area contributed by atoms with Crippen LogP contribution in [0.2, 0.25) is 0 Å². The van der Waals surface area contributed by atoms with Crippen LogP contribution in [0.1, 0.15) is 24.2 Å². The first-order valence-electron chi connectivity index (χ1n) is 9.52. The van der Waals surface area contributed by atoms with Crippen molar-refractivity contribution in [1.82, 2.24) is 14.5 Å². The highest BCUT2D eigenvalue weighted by Crippen LogP contribution is 2.57. The second-order valence-electron chi connectivity index (χ2n) is 8.03. The molecule has 2 aliphatic heterocycles. The topological polar surface area (TPSA) is 44.9 Å². The maximum atomic E-state index is 8.98. The van der Waals surface area contributed by atoms with Gasteiger partial charge in [-0.05, 0) is 60.7 Å². The molecule has 0 unspecified atom stereocenters. The lowest BCUT2D eigenvalue weighted by Gasteiger charge is -2.24. The summed E-state index contributed by atoms with van der Waals surface area (Å²) in [5, 5.41) is 8.98. The van der Waals surface area contributed by atoms with Crippen LogP contribution >= 0.6 is 0 Å². The van der Waals surface area contributed by atoms with Crippen LogP contribution in [0, 0.1) is 17.2 Å². The number of nitrogens with zero attached hydrogens (tertiary/aromatic N) is 4. The highest BCUT2D eigenvalue weighted by molar-refractivity contribution is 5.83. The minimum absolute atomic E-state index is 0.436. The fourth-order valence-electron chi connectivity index (χ4n) is 5.30. The molecule has 128 valence electrons. The van der Waals surface area contributed by atoms with Gasteiger partial charge in [0, 0.05) is 25.0 Å². The van der Waals surface area contributed by atoms with Crippen LogP contribution < -0.4 is 0 Å². The van der Waals surface area contributed by atoms with E-state index in [0.29, 0.717) is 11.1 Å². The Morgan fingerprint density at radius 1 is 1.04 bits per heavy atom. The molecule has 0 amide bonds. The molecule has 26 heavy (non-hydrogen) atoms. The van der Waals surface area contributed by atoms with Gasteiger partial charge < -0.3 is 4.57 Å². The molecule has 4 heteroatoms. The molecule has 0 N–H and O–H groups in total. The quantitative estimate of drug-likeness (QED) is 0.680. The Bertz CT molecular complexity index is 1070. The summed E-state index contributed by atoms with van der Waals surface area (Å²) >= 11 is 0. The summed E-state index contributed by atoms with van der Waals surface area (Å²) in [5.74, 6) is 2.17. The average Bonchev–Trinajstić information content (AvgIpc) is 3.19. The highest BCUT2D eigenvalue weighted by atomic mass is 15.3. The first-order chi connectivity index (χ1) is 12.8. The van der Waals surface area contributed by atoms with E-state index >= 15 is 0 Å². The van der Waals surface area contributed by atoms with Gasteiger partial charge in [0.25, 0.3) is 0 Å². The Balaban J connectivity index is 1.42. The van der Waals surface area contributed by atoms with Crippen molar-refractivity contribution in [2.45, 2.75) is 31.3 Å². The van der Waals surface area contributed by atoms with E-state index in [1.54, 1.807) is 0 Å². The first kappa shape index (κ1) is 14.5. The fourth-order valence-corrected chi connectivity index (χ4v) is 5.30. The number of fused-ring (bicyclic) bond motifs is 3. The summed E-state index contributed by atoms with van der Waals surface area (Å²) in [6.45, 7) is 3.49. The molecule has 1 saturated carbocycles. The van der Waals surface area contributed by atoms with E-state index < -0.39 is 0 Å². The Morgan fingerprint density at radius 3 is 2.69 bits per heavy atom. The Morgan fingerprint density at radius 2 is 1.88 bits per heavy atom. The lowest BCUT2D eigenvalue weighted by Crippen LogP contribution is -2.36. The number of nitriles is 1. The van der Waals surface area contributed by atoms with Gasteiger partial charge in [-0.25, -0.2) is 4.98 Å². The summed E-state index contributed by atoms with van der Waals surface area (Å²) in [5.41, 5.74) is 5.79. The van der Waals surface area contributed by atoms with Gasteiger partial charge in [-0.2, -0.15) is 5.26 Å². The number of benzene rings is 2. The van der Waals surface area contributed by atoms with Crippen molar-refractivity contribution in [2.75, 3.05) is 13.1 Å². The highest BCUT2D eigenvalue weighted by Gasteiger charge is 2.62. The molecule has 3 aliphatic rings. The second kappa shape index (κ2) is 4.96. The molecule has 1 spiro atoms. The van der Waals surface area contributed by atoms with Gasteiger partial charge in [0.2, 0.25) is 0 Å². The number of hydrogen-bond donors (Lipinski definition) is 0. The molecule has 4 nitrogen and oxygen atoms in total. The van der Waals surface area contributed by atoms with Gasteiger partial charge in [0.1, 0.15) is 5.82 Å². The summed E-state index contributed by atoms with van der Waals surface area (Å²) in [4.78, 5) is 7.77. The van der Waals surface area contributed by atoms with Gasteiger partial charge in [0.05, 0.1) is 22.7 Å². The van der Waals surface area contributed by atoms with E-state index in [9.17, 15) is 0 Å². The molecule has 1 aliphatic carbocycles. The minimum atomic E-state index is 0.436. The van der Waals surface area contributed by atoms with Crippen molar-refractivity contribution in [2.24, 2.45) is 5.92 Å². The molecule has 0 bridgehead atoms. The molecular weight excluding hydrogens is 320 g/mol. The predicted molar refractivity (Wildman–Crippen MR) is 101 cm³/mol. The molecule has 2 aromatic carbocycles. The number of rotatable bonds is 1. The zero-order chi connectivity index (χ0) is 17.3. The fraction of sp³-hybridized carbons (Fsp3) is 0.364. The van der Waals surface area contributed by atoms with E-state index in [4.69, 9.17) is 10.2 Å². The standard InChI is InChI=1S/C22H20N4/c23-14-15-1-3-16(4-2-15)17-5-6-20-19(11-17)24-21-13-22-12-18(22)7-8-25(22)9-10-26(20)21/h1-6,11,18H,7-10,12-13H2/t18-,22-/m0/s1. The van der Waals surface area contributed by atoms with Crippen LogP contribution in [0.5, 0.6) is 0 Å². The predicted octanol–water partition coefficient (Wildman–Crippen LogP) is 3.60. The maximum absolute atomic E-state index is 8.98. The Labute approximate surface area is 152 Å². The molecule has 3 heterocycles. The van der Waals surface area contributed by atoms with Gasteiger partial charge in [-0.15, -0.1) is 0 Å². The van der Waals surface area contributed by atoms with Crippen molar-refractivity contribution < 1.29 is 0 Å². The van der Waals surface area contributed by atoms with Crippen LogP contribution in [0.3, 0.4) is 0 Å². The number of aromatic nitrogens is 2. The van der Waals surface area contributed by atoms with E-state index in [-0.39, 0.29) is 0 Å². The normalized spacial score (nSPS) is 26.7. The van der Waals surface area contributed by atoms with E-state index in [1.807, 2.05) is 24.3 Å². The molecular formula is C22H20N4. The molecule has 2 fully saturated rings. The van der Waals surface area contributed by atoms with Crippen molar-refractivity contribution in [1.29, 1.82) is 5.26 Å². The smallest absolute Gasteiger partial charge is 0.111 e. The lowest BCUT2D eigenvalue weighted by molar-refractivity contribution is 0.214. The second-order valence-corrected chi connectivity index (χ2v) is 8.03. The van der Waals surface area contributed by atoms with Gasteiger partial charge in [0.15, 0.2) is 0 Å². The van der Waals surface area contributed by atoms with E-state index in [0.717, 1.165) is 36.5 Å². The van der Waals surface area contributed by atoms with Gasteiger partial charge in [-0.1, -0.05) is 18.2 Å². The third-order valence-corrected chi connectivity index (χ3v) is 6.81. The molecule has 6 rings (SSSR count). The summed E-state index contributed by atoms with van der Waals surface area (Å²) < 4.78 is 2.44. The monoisotopic (exact) mass is 340 g/mol. The van der Waals surface area contributed by atoms with Crippen molar-refractivity contribution in [3.8, 4) is 17.2 Å². The van der Waals surface area contributed by atoms with Crippen LogP contribution in [0.4, 0.5) is 0 Å². The Kier molecular flexibility index (Phi) is 2.77. The zero-order valence-corrected chi connectivity index (χ0v) is 14.7. The molecule has 3 aromatic rings. The molecule has 1 saturated heterocycles. The van der Waals surface area contributed by atoms with Gasteiger partial charge >= 0.3 is 0 Å². The minimum Gasteiger partial charge on any atom is -0.327 e. The van der Waals surface area contributed by atoms with E-state index in [2.05, 4.69) is 33.7 Å². The number of hydrogen-bond acceptors (Lipinski definition) is 3. The maximum Gasteiger partial charge on any atom is 0.111 e. The number of piperidine rings is 1. The summed E-state index contributed by atoms with van der Waals surface area (Å²) in [7, 11) is 0. The van der Waals surface area contributed by atoms with Crippen LogP contribution in [0.15, 0.2) is 42.5 Å². The third kappa shape index (κ3) is 1.89. The van der Waals surface area contributed by atoms with Crippen molar-refractivity contribution >= 4 is 11.0 Å². The largest absolute Gasteiger partial charge is 0.327 e. The van der Waals surface area contributed by atoms with Crippen LogP contribution in [-0.4, -0.2) is 33.1 Å². The van der Waals surface area contributed by atoms with Crippen molar-refractivity contribution in [3.05, 3.63) is 53.9 Å². The Hall–Kier alpha value is -2.64.